The van der Waals surface area contributed by atoms with Gasteiger partial charge in [0, 0.05) is 36.5 Å². The number of amidine groups is 1. The zero-order valence-corrected chi connectivity index (χ0v) is 17.7. The molecular weight excluding hydrogens is 386 g/mol. The molecule has 0 aliphatic carbocycles. The van der Waals surface area contributed by atoms with Crippen molar-refractivity contribution in [1.82, 2.24) is 9.96 Å². The van der Waals surface area contributed by atoms with Gasteiger partial charge in [0.05, 0.1) is 26.9 Å². The molecular formula is C22H25N3O3S. The van der Waals surface area contributed by atoms with Gasteiger partial charge in [0.1, 0.15) is 17.2 Å². The molecule has 3 aliphatic rings. The second kappa shape index (κ2) is 7.55. The van der Waals surface area contributed by atoms with E-state index in [-0.39, 0.29) is 0 Å². The van der Waals surface area contributed by atoms with Crippen LogP contribution in [0.25, 0.3) is 0 Å². The van der Waals surface area contributed by atoms with Crippen LogP contribution in [-0.4, -0.2) is 55.6 Å². The maximum atomic E-state index is 5.84. The summed E-state index contributed by atoms with van der Waals surface area (Å²) in [6.45, 7) is 1.72. The fourth-order valence-corrected chi connectivity index (χ4v) is 5.68. The summed E-state index contributed by atoms with van der Waals surface area (Å²) in [4.78, 5) is 14.6. The first-order valence-corrected chi connectivity index (χ1v) is 10.7. The fraction of sp³-hybridized carbons (Fsp3) is 0.409. The molecule has 2 saturated heterocycles. The number of fused-ring (bicyclic) bond motifs is 4. The maximum Gasteiger partial charge on any atom is 0.169 e. The van der Waals surface area contributed by atoms with Crippen molar-refractivity contribution in [3.05, 3.63) is 48.0 Å². The number of ether oxygens (including phenoxy) is 2. The van der Waals surface area contributed by atoms with E-state index >= 15 is 0 Å². The Bertz CT molecular complexity index is 951. The molecule has 7 heteroatoms. The van der Waals surface area contributed by atoms with Gasteiger partial charge in [-0.05, 0) is 30.2 Å². The lowest BCUT2D eigenvalue weighted by molar-refractivity contribution is -0.113. The van der Waals surface area contributed by atoms with Gasteiger partial charge in [-0.25, -0.2) is 4.99 Å². The Labute approximate surface area is 175 Å². The summed E-state index contributed by atoms with van der Waals surface area (Å²) >= 11 is 1.74. The third-order valence-corrected chi connectivity index (χ3v) is 7.20. The lowest BCUT2D eigenvalue weighted by Gasteiger charge is -2.46. The van der Waals surface area contributed by atoms with Crippen LogP contribution < -0.4 is 9.47 Å². The van der Waals surface area contributed by atoms with Crippen LogP contribution in [-0.2, 0) is 4.84 Å². The molecule has 3 aliphatic heterocycles. The molecule has 2 fully saturated rings. The van der Waals surface area contributed by atoms with Crippen molar-refractivity contribution in [2.24, 2.45) is 10.9 Å². The quantitative estimate of drug-likeness (QED) is 0.758. The van der Waals surface area contributed by atoms with Gasteiger partial charge in [0.2, 0.25) is 0 Å². The second-order valence-electron chi connectivity index (χ2n) is 7.65. The average molecular weight is 412 g/mol. The van der Waals surface area contributed by atoms with Crippen LogP contribution in [0.5, 0.6) is 11.5 Å². The van der Waals surface area contributed by atoms with Crippen LogP contribution in [0.3, 0.4) is 0 Å². The highest BCUT2D eigenvalue weighted by molar-refractivity contribution is 8.14. The molecule has 0 spiro atoms. The third-order valence-electron chi connectivity index (χ3n) is 6.10. The number of nitrogens with zero attached hydrogens (tertiary/aromatic N) is 3. The second-order valence-corrected chi connectivity index (χ2v) is 8.65. The molecule has 2 aromatic carbocycles. The van der Waals surface area contributed by atoms with Gasteiger partial charge in [-0.1, -0.05) is 30.0 Å². The van der Waals surface area contributed by atoms with Gasteiger partial charge in [-0.15, -0.1) is 0 Å². The summed E-state index contributed by atoms with van der Waals surface area (Å²) in [6.07, 6.45) is 1.04. The highest BCUT2D eigenvalue weighted by atomic mass is 32.2. The standard InChI is InChI=1S/C22H25N3O3S/c1-24-18-11-19-16-6-4-5-7-21(16)29-22(25(19)12-14(18)13-28-24)23-17-9-8-15(26-2)10-20(17)27-3/h4-10,14,18-19H,11-13H2,1-3H3/t14-,18-,19-/m0/s1. The minimum absolute atomic E-state index is 0.306. The first kappa shape index (κ1) is 18.8. The molecule has 29 heavy (non-hydrogen) atoms. The molecule has 3 heterocycles. The van der Waals surface area contributed by atoms with E-state index < -0.39 is 0 Å². The Kier molecular flexibility index (Phi) is 4.89. The molecule has 152 valence electrons. The Hall–Kier alpha value is -2.22. The predicted octanol–water partition coefficient (Wildman–Crippen LogP) is 4.11. The molecule has 0 saturated carbocycles. The van der Waals surface area contributed by atoms with E-state index in [2.05, 4.69) is 41.3 Å². The van der Waals surface area contributed by atoms with E-state index in [0.29, 0.717) is 23.8 Å². The molecule has 0 unspecified atom stereocenters. The highest BCUT2D eigenvalue weighted by Gasteiger charge is 2.46. The van der Waals surface area contributed by atoms with E-state index in [9.17, 15) is 0 Å². The van der Waals surface area contributed by atoms with Crippen LogP contribution in [0.4, 0.5) is 5.69 Å². The summed E-state index contributed by atoms with van der Waals surface area (Å²) in [5, 5.41) is 3.07. The topological polar surface area (TPSA) is 46.5 Å². The fourth-order valence-electron chi connectivity index (χ4n) is 4.55. The number of aliphatic imine (C=N–C) groups is 1. The van der Waals surface area contributed by atoms with Crippen LogP contribution in [0.1, 0.15) is 18.0 Å². The largest absolute Gasteiger partial charge is 0.497 e. The van der Waals surface area contributed by atoms with E-state index in [1.165, 1.54) is 10.5 Å². The molecule has 6 nitrogen and oxygen atoms in total. The summed E-state index contributed by atoms with van der Waals surface area (Å²) in [5.74, 6) is 1.97. The maximum absolute atomic E-state index is 5.84. The zero-order chi connectivity index (χ0) is 20.0. The Balaban J connectivity index is 1.56. The summed E-state index contributed by atoms with van der Waals surface area (Å²) in [7, 11) is 5.38. The normalized spacial score (nSPS) is 27.3. The Morgan fingerprint density at radius 2 is 2.00 bits per heavy atom. The Morgan fingerprint density at radius 3 is 2.83 bits per heavy atom. The number of rotatable bonds is 3. The van der Waals surface area contributed by atoms with Crippen LogP contribution >= 0.6 is 11.8 Å². The van der Waals surface area contributed by atoms with Gasteiger partial charge < -0.3 is 14.4 Å². The first-order valence-electron chi connectivity index (χ1n) is 9.88. The van der Waals surface area contributed by atoms with Crippen molar-refractivity contribution < 1.29 is 14.3 Å². The van der Waals surface area contributed by atoms with Gasteiger partial charge in [0.25, 0.3) is 0 Å². The van der Waals surface area contributed by atoms with Crippen molar-refractivity contribution in [2.75, 3.05) is 34.4 Å². The smallest absolute Gasteiger partial charge is 0.169 e. The summed E-state index contributed by atoms with van der Waals surface area (Å²) < 4.78 is 10.9. The number of hydrogen-bond acceptors (Lipinski definition) is 6. The number of hydrogen-bond donors (Lipinski definition) is 0. The lowest BCUT2D eigenvalue weighted by atomic mass is 9.86. The van der Waals surface area contributed by atoms with Crippen LogP contribution in [0.2, 0.25) is 0 Å². The molecule has 0 N–H and O–H groups in total. The Morgan fingerprint density at radius 1 is 1.14 bits per heavy atom. The average Bonchev–Trinajstić information content (AvgIpc) is 3.13. The number of piperidine rings is 1. The molecule has 2 aromatic rings. The minimum Gasteiger partial charge on any atom is -0.497 e. The molecule has 0 radical (unpaired) electrons. The van der Waals surface area contributed by atoms with Crippen molar-refractivity contribution in [3.8, 4) is 11.5 Å². The van der Waals surface area contributed by atoms with Crippen molar-refractivity contribution in [3.63, 3.8) is 0 Å². The van der Waals surface area contributed by atoms with Gasteiger partial charge in [-0.3, -0.25) is 4.84 Å². The van der Waals surface area contributed by atoms with Crippen LogP contribution in [0, 0.1) is 5.92 Å². The molecule has 5 rings (SSSR count). The van der Waals surface area contributed by atoms with E-state index in [4.69, 9.17) is 19.3 Å². The van der Waals surface area contributed by atoms with Gasteiger partial charge in [-0.2, -0.15) is 5.06 Å². The molecule has 0 bridgehead atoms. The molecule has 0 aromatic heterocycles. The lowest BCUT2D eigenvalue weighted by Crippen LogP contribution is -2.50. The van der Waals surface area contributed by atoms with Crippen LogP contribution in [0.15, 0.2) is 52.4 Å². The van der Waals surface area contributed by atoms with Crippen molar-refractivity contribution >= 4 is 22.6 Å². The van der Waals surface area contributed by atoms with Gasteiger partial charge >= 0.3 is 0 Å². The van der Waals surface area contributed by atoms with E-state index in [1.54, 1.807) is 26.0 Å². The molecule has 0 amide bonds. The summed E-state index contributed by atoms with van der Waals surface area (Å²) in [5.41, 5.74) is 2.20. The third kappa shape index (κ3) is 3.27. The number of hydroxylamine groups is 2. The number of benzene rings is 2. The van der Waals surface area contributed by atoms with E-state index in [0.717, 1.165) is 36.2 Å². The van der Waals surface area contributed by atoms with E-state index in [1.807, 2.05) is 18.2 Å². The zero-order valence-electron chi connectivity index (χ0n) is 16.9. The SMILES string of the molecule is COc1ccc(N=C2Sc3ccccc3[C@@H]3C[C@H]4[C@H](CON4C)CN23)c(OC)c1. The molecule has 3 atom stereocenters. The monoisotopic (exact) mass is 411 g/mol. The first-order chi connectivity index (χ1) is 14.2. The summed E-state index contributed by atoms with van der Waals surface area (Å²) in [6, 6.07) is 15.2. The van der Waals surface area contributed by atoms with Crippen molar-refractivity contribution in [1.29, 1.82) is 0 Å². The van der Waals surface area contributed by atoms with Crippen molar-refractivity contribution in [2.45, 2.75) is 23.4 Å². The number of thioether (sulfide) groups is 1. The highest BCUT2D eigenvalue weighted by Crippen LogP contribution is 2.48. The number of methoxy groups -OCH3 is 2. The van der Waals surface area contributed by atoms with Gasteiger partial charge in [0.15, 0.2) is 5.17 Å². The minimum atomic E-state index is 0.306. The predicted molar refractivity (Wildman–Crippen MR) is 114 cm³/mol.